The highest BCUT2D eigenvalue weighted by molar-refractivity contribution is 6.32. The topological polar surface area (TPSA) is 97.2 Å². The maximum absolute atomic E-state index is 12.8. The Morgan fingerprint density at radius 1 is 1.20 bits per heavy atom. The minimum Gasteiger partial charge on any atom is -0.495 e. The minimum absolute atomic E-state index is 0.106. The summed E-state index contributed by atoms with van der Waals surface area (Å²) in [6.45, 7) is 8.18. The Balaban J connectivity index is 1.51. The van der Waals surface area contributed by atoms with Crippen molar-refractivity contribution in [2.75, 3.05) is 32.6 Å². The second kappa shape index (κ2) is 10.2. The summed E-state index contributed by atoms with van der Waals surface area (Å²) < 4.78 is 7.42. The first-order valence-corrected chi connectivity index (χ1v) is 12.0. The van der Waals surface area contributed by atoms with Crippen molar-refractivity contribution in [1.82, 2.24) is 30.0 Å². The minimum atomic E-state index is -0.159. The molecule has 0 unspecified atom stereocenters. The number of anilines is 2. The third kappa shape index (κ3) is 5.91. The summed E-state index contributed by atoms with van der Waals surface area (Å²) >= 11 is 6.40. The van der Waals surface area contributed by atoms with Crippen LogP contribution in [-0.2, 0) is 5.54 Å². The maximum atomic E-state index is 12.8. The van der Waals surface area contributed by atoms with Gasteiger partial charge in [0.05, 0.1) is 41.4 Å². The third-order valence-electron chi connectivity index (χ3n) is 6.05. The summed E-state index contributed by atoms with van der Waals surface area (Å²) in [5, 5.41) is 11.2. The molecule has 1 aliphatic rings. The molecular weight excluding hydrogens is 466 g/mol. The molecule has 0 saturated carbocycles. The van der Waals surface area contributed by atoms with E-state index in [0.29, 0.717) is 33.7 Å². The molecule has 10 heteroatoms. The van der Waals surface area contributed by atoms with Gasteiger partial charge in [-0.1, -0.05) is 11.6 Å². The fourth-order valence-corrected chi connectivity index (χ4v) is 4.12. The Bertz CT molecular complexity index is 1200. The van der Waals surface area contributed by atoms with Crippen molar-refractivity contribution in [3.05, 3.63) is 47.4 Å². The molecule has 1 aromatic carbocycles. The summed E-state index contributed by atoms with van der Waals surface area (Å²) in [5.74, 6) is 0.765. The fourth-order valence-electron chi connectivity index (χ4n) is 3.92. The molecule has 4 rings (SSSR count). The first-order valence-electron chi connectivity index (χ1n) is 11.7. The van der Waals surface area contributed by atoms with Crippen LogP contribution < -0.4 is 15.4 Å². The van der Waals surface area contributed by atoms with Gasteiger partial charge in [-0.2, -0.15) is 5.10 Å². The monoisotopic (exact) mass is 497 g/mol. The van der Waals surface area contributed by atoms with Gasteiger partial charge in [0.15, 0.2) is 0 Å². The second-order valence-corrected chi connectivity index (χ2v) is 10.2. The van der Waals surface area contributed by atoms with Crippen LogP contribution in [0, 0.1) is 0 Å². The zero-order valence-corrected chi connectivity index (χ0v) is 21.6. The number of rotatable bonds is 6. The van der Waals surface area contributed by atoms with Gasteiger partial charge < -0.3 is 20.3 Å². The standard InChI is InChI=1S/C25H32ClN7O2/c1-25(2,3)33-15-17(13-28-33)22-19(26)14-27-24(31-22)30-20-7-6-16(12-21(20)35-5)23(34)29-18-8-10-32(4)11-9-18/h6-7,12-15,18H,8-11H2,1-5H3,(H,29,34)(H,27,30,31). The van der Waals surface area contributed by atoms with E-state index in [0.717, 1.165) is 31.5 Å². The largest absolute Gasteiger partial charge is 0.495 e. The van der Waals surface area contributed by atoms with Gasteiger partial charge in [0.1, 0.15) is 5.75 Å². The van der Waals surface area contributed by atoms with Gasteiger partial charge >= 0.3 is 0 Å². The number of ether oxygens (including phenoxy) is 1. The molecule has 2 N–H and O–H groups in total. The van der Waals surface area contributed by atoms with Crippen LogP contribution in [0.3, 0.4) is 0 Å². The first kappa shape index (κ1) is 24.9. The van der Waals surface area contributed by atoms with Crippen molar-refractivity contribution < 1.29 is 9.53 Å². The van der Waals surface area contributed by atoms with Gasteiger partial charge in [-0.3, -0.25) is 9.48 Å². The lowest BCUT2D eigenvalue weighted by Gasteiger charge is -2.29. The van der Waals surface area contributed by atoms with Crippen LogP contribution in [0.5, 0.6) is 5.75 Å². The molecule has 35 heavy (non-hydrogen) atoms. The number of nitrogens with zero attached hydrogens (tertiary/aromatic N) is 5. The molecule has 2 aromatic heterocycles. The predicted molar refractivity (Wildman–Crippen MR) is 138 cm³/mol. The zero-order valence-electron chi connectivity index (χ0n) is 20.8. The number of aromatic nitrogens is 4. The van der Waals surface area contributed by atoms with Crippen LogP contribution in [0.1, 0.15) is 44.0 Å². The molecule has 1 saturated heterocycles. The van der Waals surface area contributed by atoms with Crippen molar-refractivity contribution in [2.45, 2.75) is 45.2 Å². The Morgan fingerprint density at radius 2 is 1.94 bits per heavy atom. The van der Waals surface area contributed by atoms with Gasteiger partial charge in [0, 0.05) is 23.4 Å². The zero-order chi connectivity index (χ0) is 25.2. The Labute approximate surface area is 210 Å². The number of carbonyl (C=O) groups is 1. The first-order chi connectivity index (χ1) is 16.6. The van der Waals surface area contributed by atoms with Crippen molar-refractivity contribution in [3.8, 4) is 17.0 Å². The molecule has 186 valence electrons. The molecule has 1 aliphatic heterocycles. The van der Waals surface area contributed by atoms with Gasteiger partial charge in [-0.05, 0) is 71.9 Å². The Morgan fingerprint density at radius 3 is 2.60 bits per heavy atom. The van der Waals surface area contributed by atoms with Gasteiger partial charge in [0.25, 0.3) is 5.91 Å². The van der Waals surface area contributed by atoms with Crippen LogP contribution in [-0.4, -0.2) is 63.8 Å². The average molecular weight is 498 g/mol. The highest BCUT2D eigenvalue weighted by atomic mass is 35.5. The van der Waals surface area contributed by atoms with Crippen LogP contribution in [0.4, 0.5) is 11.6 Å². The van der Waals surface area contributed by atoms with Gasteiger partial charge in [0.2, 0.25) is 5.95 Å². The number of methoxy groups -OCH3 is 1. The second-order valence-electron chi connectivity index (χ2n) is 9.83. The highest BCUT2D eigenvalue weighted by Gasteiger charge is 2.21. The normalized spacial score (nSPS) is 15.1. The summed E-state index contributed by atoms with van der Waals surface area (Å²) in [4.78, 5) is 24.0. The lowest BCUT2D eigenvalue weighted by molar-refractivity contribution is 0.0916. The molecular formula is C25H32ClN7O2. The van der Waals surface area contributed by atoms with E-state index >= 15 is 0 Å². The molecule has 1 amide bonds. The third-order valence-corrected chi connectivity index (χ3v) is 6.33. The Kier molecular flexibility index (Phi) is 7.28. The van der Waals surface area contributed by atoms with Crippen molar-refractivity contribution in [2.24, 2.45) is 0 Å². The molecule has 9 nitrogen and oxygen atoms in total. The molecule has 0 radical (unpaired) electrons. The number of nitrogens with one attached hydrogen (secondary N) is 2. The Hall–Kier alpha value is -3.17. The SMILES string of the molecule is COc1cc(C(=O)NC2CCN(C)CC2)ccc1Nc1ncc(Cl)c(-c2cnn(C(C)(C)C)c2)n1. The van der Waals surface area contributed by atoms with Crippen molar-refractivity contribution in [3.63, 3.8) is 0 Å². The number of halogens is 1. The van der Waals surface area contributed by atoms with E-state index in [1.54, 1.807) is 37.7 Å². The number of benzene rings is 1. The molecule has 0 spiro atoms. The number of hydrogen-bond donors (Lipinski definition) is 2. The van der Waals surface area contributed by atoms with Gasteiger partial charge in [-0.15, -0.1) is 0 Å². The quantitative estimate of drug-likeness (QED) is 0.523. The molecule has 1 fully saturated rings. The van der Waals surface area contributed by atoms with E-state index in [4.69, 9.17) is 16.3 Å². The molecule has 0 atom stereocenters. The van der Waals surface area contributed by atoms with E-state index < -0.39 is 0 Å². The lowest BCUT2D eigenvalue weighted by Crippen LogP contribution is -2.43. The summed E-state index contributed by atoms with van der Waals surface area (Å²) in [5.41, 5.74) is 2.39. The maximum Gasteiger partial charge on any atom is 0.251 e. The van der Waals surface area contributed by atoms with Crippen LogP contribution in [0.2, 0.25) is 5.02 Å². The molecule has 0 aliphatic carbocycles. The molecule has 0 bridgehead atoms. The fraction of sp³-hybridized carbons (Fsp3) is 0.440. The van der Waals surface area contributed by atoms with Crippen molar-refractivity contribution >= 4 is 29.1 Å². The van der Waals surface area contributed by atoms with E-state index in [-0.39, 0.29) is 17.5 Å². The molecule has 3 heterocycles. The van der Waals surface area contributed by atoms with E-state index in [2.05, 4.69) is 58.4 Å². The smallest absolute Gasteiger partial charge is 0.251 e. The van der Waals surface area contributed by atoms with Crippen LogP contribution in [0.15, 0.2) is 36.8 Å². The van der Waals surface area contributed by atoms with Crippen LogP contribution >= 0.6 is 11.6 Å². The predicted octanol–water partition coefficient (Wildman–Crippen LogP) is 4.32. The number of amides is 1. The number of hydrogen-bond acceptors (Lipinski definition) is 7. The van der Waals surface area contributed by atoms with Gasteiger partial charge in [-0.25, -0.2) is 9.97 Å². The number of piperidine rings is 1. The average Bonchev–Trinajstić information content (AvgIpc) is 3.33. The van der Waals surface area contributed by atoms with E-state index in [1.165, 1.54) is 0 Å². The van der Waals surface area contributed by atoms with Crippen LogP contribution in [0.25, 0.3) is 11.3 Å². The van der Waals surface area contributed by atoms with Crippen molar-refractivity contribution in [1.29, 1.82) is 0 Å². The van der Waals surface area contributed by atoms with E-state index in [9.17, 15) is 4.79 Å². The number of likely N-dealkylation sites (tertiary alicyclic amines) is 1. The summed E-state index contributed by atoms with van der Waals surface area (Å²) in [7, 11) is 3.66. The summed E-state index contributed by atoms with van der Waals surface area (Å²) in [6, 6.07) is 5.46. The summed E-state index contributed by atoms with van der Waals surface area (Å²) in [6.07, 6.45) is 7.10. The lowest BCUT2D eigenvalue weighted by atomic mass is 10.0. The van der Waals surface area contributed by atoms with E-state index in [1.807, 2.05) is 10.9 Å². The molecule has 3 aromatic rings. The highest BCUT2D eigenvalue weighted by Crippen LogP contribution is 2.31. The number of carbonyl (C=O) groups excluding carboxylic acids is 1.